The van der Waals surface area contributed by atoms with Crippen molar-refractivity contribution in [1.82, 2.24) is 4.98 Å². The first kappa shape index (κ1) is 13.7. The Kier molecular flexibility index (Phi) is 3.12. The van der Waals surface area contributed by atoms with Crippen molar-refractivity contribution in [3.05, 3.63) is 76.1 Å². The van der Waals surface area contributed by atoms with Gasteiger partial charge in [0.05, 0.1) is 11.4 Å². The van der Waals surface area contributed by atoms with E-state index in [1.807, 2.05) is 0 Å². The molecule has 0 fully saturated rings. The normalized spacial score (nSPS) is 18.0. The van der Waals surface area contributed by atoms with Gasteiger partial charge in [-0.2, -0.15) is 0 Å². The minimum Gasteiger partial charge on any atom is -0.249 e. The predicted molar refractivity (Wildman–Crippen MR) is 103 cm³/mol. The highest BCUT2D eigenvalue weighted by Crippen LogP contribution is 2.37. The smallest absolute Gasteiger partial charge is 0.0637 e. The Morgan fingerprint density at radius 1 is 0.583 bits per heavy atom. The topological polar surface area (TPSA) is 12.9 Å². The molecule has 1 nitrogen and oxygen atoms in total. The van der Waals surface area contributed by atoms with Crippen molar-refractivity contribution in [3.63, 3.8) is 0 Å². The van der Waals surface area contributed by atoms with Crippen molar-refractivity contribution in [2.45, 2.75) is 25.7 Å². The van der Waals surface area contributed by atoms with Crippen LogP contribution in [0, 0.1) is 0 Å². The third-order valence-electron chi connectivity index (χ3n) is 5.26. The number of hydrogen-bond acceptors (Lipinski definition) is 1. The SMILES string of the molecule is C1=C\c2c3c(c(c4ccccc24)/C=C\c2cccc/1n2)CCCC3. The van der Waals surface area contributed by atoms with Crippen LogP contribution < -0.4 is 0 Å². The van der Waals surface area contributed by atoms with Crippen LogP contribution >= 0.6 is 0 Å². The molecule has 2 aliphatic heterocycles. The van der Waals surface area contributed by atoms with Crippen LogP contribution in [0.15, 0.2) is 42.5 Å². The molecule has 3 aliphatic rings. The van der Waals surface area contributed by atoms with E-state index in [0.717, 1.165) is 11.4 Å². The van der Waals surface area contributed by atoms with E-state index in [0.29, 0.717) is 0 Å². The van der Waals surface area contributed by atoms with Crippen LogP contribution in [0.4, 0.5) is 0 Å². The van der Waals surface area contributed by atoms with Gasteiger partial charge in [0.25, 0.3) is 0 Å². The average molecular weight is 309 g/mol. The molecule has 116 valence electrons. The molecule has 1 heteroatoms. The Labute approximate surface area is 142 Å². The van der Waals surface area contributed by atoms with E-state index >= 15 is 0 Å². The molecule has 0 N–H and O–H groups in total. The second-order valence-electron chi connectivity index (χ2n) is 6.69. The van der Waals surface area contributed by atoms with E-state index in [1.54, 1.807) is 11.1 Å². The van der Waals surface area contributed by atoms with Crippen LogP contribution in [0.5, 0.6) is 0 Å². The molecular formula is C23H19N. The Morgan fingerprint density at radius 2 is 1.12 bits per heavy atom. The van der Waals surface area contributed by atoms with Gasteiger partial charge in [0.15, 0.2) is 0 Å². The zero-order valence-corrected chi connectivity index (χ0v) is 13.6. The summed E-state index contributed by atoms with van der Waals surface area (Å²) in [5.74, 6) is 0. The van der Waals surface area contributed by atoms with Gasteiger partial charge in [-0.15, -0.1) is 0 Å². The molecule has 0 unspecified atom stereocenters. The second-order valence-corrected chi connectivity index (χ2v) is 6.69. The lowest BCUT2D eigenvalue weighted by Gasteiger charge is -2.23. The number of benzene rings is 2. The molecule has 6 rings (SSSR count). The summed E-state index contributed by atoms with van der Waals surface area (Å²) in [7, 11) is 0. The molecule has 1 aromatic heterocycles. The Morgan fingerprint density at radius 3 is 1.67 bits per heavy atom. The van der Waals surface area contributed by atoms with Gasteiger partial charge in [-0.05, 0) is 83.0 Å². The molecule has 3 heterocycles. The summed E-state index contributed by atoms with van der Waals surface area (Å²) in [5.41, 5.74) is 7.93. The van der Waals surface area contributed by atoms with Crippen LogP contribution in [0.1, 0.15) is 46.5 Å². The summed E-state index contributed by atoms with van der Waals surface area (Å²) >= 11 is 0. The minimum atomic E-state index is 1.02. The van der Waals surface area contributed by atoms with Gasteiger partial charge in [0.2, 0.25) is 0 Å². The van der Waals surface area contributed by atoms with Crippen molar-refractivity contribution in [2.75, 3.05) is 0 Å². The summed E-state index contributed by atoms with van der Waals surface area (Å²) in [5, 5.41) is 2.73. The van der Waals surface area contributed by atoms with E-state index in [9.17, 15) is 0 Å². The number of nitrogens with zero attached hydrogens (tertiary/aromatic N) is 1. The van der Waals surface area contributed by atoms with Crippen LogP contribution in [0.25, 0.3) is 35.1 Å². The van der Waals surface area contributed by atoms with E-state index in [1.165, 1.54) is 47.6 Å². The third kappa shape index (κ3) is 2.12. The van der Waals surface area contributed by atoms with E-state index in [4.69, 9.17) is 4.98 Å². The predicted octanol–water partition coefficient (Wildman–Crippen LogP) is 5.77. The fourth-order valence-corrected chi connectivity index (χ4v) is 4.15. The molecule has 0 amide bonds. The van der Waals surface area contributed by atoms with Crippen molar-refractivity contribution in [3.8, 4) is 0 Å². The molecule has 0 saturated heterocycles. The zero-order chi connectivity index (χ0) is 15.9. The number of pyridine rings is 1. The van der Waals surface area contributed by atoms with Crippen molar-refractivity contribution < 1.29 is 0 Å². The third-order valence-corrected chi connectivity index (χ3v) is 5.26. The first-order valence-corrected chi connectivity index (χ1v) is 8.80. The molecule has 4 bridgehead atoms. The summed E-state index contributed by atoms with van der Waals surface area (Å²) in [6.07, 6.45) is 13.9. The van der Waals surface area contributed by atoms with Gasteiger partial charge < -0.3 is 0 Å². The lowest BCUT2D eigenvalue weighted by atomic mass is 9.81. The molecule has 0 radical (unpaired) electrons. The van der Waals surface area contributed by atoms with Gasteiger partial charge in [-0.3, -0.25) is 0 Å². The van der Waals surface area contributed by atoms with Crippen LogP contribution in [-0.4, -0.2) is 4.98 Å². The molecule has 24 heavy (non-hydrogen) atoms. The lowest BCUT2D eigenvalue weighted by Crippen LogP contribution is -2.08. The largest absolute Gasteiger partial charge is 0.249 e. The van der Waals surface area contributed by atoms with Crippen molar-refractivity contribution >= 4 is 35.1 Å². The van der Waals surface area contributed by atoms with Gasteiger partial charge in [0, 0.05) is 0 Å². The maximum absolute atomic E-state index is 4.73. The van der Waals surface area contributed by atoms with Crippen LogP contribution in [0.2, 0.25) is 0 Å². The second kappa shape index (κ2) is 5.45. The summed E-state index contributed by atoms with van der Waals surface area (Å²) < 4.78 is 0. The van der Waals surface area contributed by atoms with Gasteiger partial charge in [0.1, 0.15) is 0 Å². The molecule has 0 saturated carbocycles. The maximum Gasteiger partial charge on any atom is 0.0637 e. The Bertz CT molecular complexity index is 930. The van der Waals surface area contributed by atoms with Gasteiger partial charge in [-0.25, -0.2) is 4.98 Å². The lowest BCUT2D eigenvalue weighted by molar-refractivity contribution is 0.685. The van der Waals surface area contributed by atoms with Crippen molar-refractivity contribution in [1.29, 1.82) is 0 Å². The fraction of sp³-hybridized carbons (Fsp3) is 0.174. The molecular weight excluding hydrogens is 290 g/mol. The monoisotopic (exact) mass is 309 g/mol. The Hall–Kier alpha value is -2.67. The quantitative estimate of drug-likeness (QED) is 0.402. The Balaban J connectivity index is 1.94. The van der Waals surface area contributed by atoms with Crippen LogP contribution in [0.3, 0.4) is 0 Å². The highest BCUT2D eigenvalue weighted by Gasteiger charge is 2.19. The fourth-order valence-electron chi connectivity index (χ4n) is 4.15. The minimum absolute atomic E-state index is 1.02. The van der Waals surface area contributed by atoms with E-state index in [2.05, 4.69) is 66.8 Å². The number of hydrogen-bond donors (Lipinski definition) is 0. The summed E-state index contributed by atoms with van der Waals surface area (Å²) in [4.78, 5) is 4.73. The average Bonchev–Trinajstić information content (AvgIpc) is 2.67. The van der Waals surface area contributed by atoms with Crippen LogP contribution in [-0.2, 0) is 12.8 Å². The van der Waals surface area contributed by atoms with E-state index in [-0.39, 0.29) is 0 Å². The van der Waals surface area contributed by atoms with Gasteiger partial charge in [-0.1, -0.05) is 42.5 Å². The highest BCUT2D eigenvalue weighted by atomic mass is 14.7. The first-order valence-electron chi connectivity index (χ1n) is 8.80. The summed E-state index contributed by atoms with van der Waals surface area (Å²) in [6.45, 7) is 0. The summed E-state index contributed by atoms with van der Waals surface area (Å²) in [6, 6.07) is 15.1. The zero-order valence-electron chi connectivity index (χ0n) is 13.6. The number of aromatic nitrogens is 1. The molecule has 3 aromatic rings. The molecule has 2 aromatic carbocycles. The molecule has 1 aliphatic carbocycles. The van der Waals surface area contributed by atoms with E-state index < -0.39 is 0 Å². The van der Waals surface area contributed by atoms with Crippen molar-refractivity contribution in [2.24, 2.45) is 0 Å². The highest BCUT2D eigenvalue weighted by molar-refractivity contribution is 6.01. The first-order chi connectivity index (χ1) is 11.9. The maximum atomic E-state index is 4.73. The standard InChI is InChI=1S/C23H19N/c1-2-9-19-18(8-1)22-14-12-16-6-5-7-17(24-16)13-15-23(19)21-11-4-3-10-20(21)22/h1-2,5-9,12-15H,3-4,10-11H2/b14-12-,15-13-. The van der Waals surface area contributed by atoms with Gasteiger partial charge >= 0.3 is 0 Å². The molecule has 0 spiro atoms. The molecule has 0 atom stereocenters. The number of rotatable bonds is 0.